The van der Waals surface area contributed by atoms with E-state index in [1.165, 1.54) is 23.2 Å². The van der Waals surface area contributed by atoms with Crippen LogP contribution in [0.4, 0.5) is 0 Å². The number of aromatic carboxylic acids is 1. The first-order valence-corrected chi connectivity index (χ1v) is 7.27. The van der Waals surface area contributed by atoms with E-state index in [-0.39, 0.29) is 23.2 Å². The fourth-order valence-electron chi connectivity index (χ4n) is 2.12. The highest BCUT2D eigenvalue weighted by atomic mass is 32.1. The number of carboxylic acids is 1. The Bertz CT molecular complexity index is 694. The molecule has 0 aromatic carbocycles. The molecule has 1 unspecified atom stereocenters. The molecule has 1 atom stereocenters. The van der Waals surface area contributed by atoms with Gasteiger partial charge in [0.25, 0.3) is 5.91 Å². The molecule has 0 saturated heterocycles. The normalized spacial score (nSPS) is 12.0. The van der Waals surface area contributed by atoms with Crippen LogP contribution in [0.2, 0.25) is 0 Å². The number of nitrogens with zero attached hydrogens (tertiary/aromatic N) is 1. The molecule has 110 valence electrons. The second kappa shape index (κ2) is 6.05. The summed E-state index contributed by atoms with van der Waals surface area (Å²) in [5.74, 6) is -1.46. The van der Waals surface area contributed by atoms with Gasteiger partial charge in [0.05, 0.1) is 11.6 Å². The van der Waals surface area contributed by atoms with Gasteiger partial charge < -0.3 is 10.4 Å². The van der Waals surface area contributed by atoms with Gasteiger partial charge in [-0.3, -0.25) is 9.78 Å². The van der Waals surface area contributed by atoms with Gasteiger partial charge in [0.2, 0.25) is 0 Å². The summed E-state index contributed by atoms with van der Waals surface area (Å²) in [5, 5.41) is 11.8. The topological polar surface area (TPSA) is 79.3 Å². The average molecular weight is 304 g/mol. The quantitative estimate of drug-likeness (QED) is 0.910. The molecular formula is C15H16N2O3S. The van der Waals surface area contributed by atoms with E-state index in [1.54, 1.807) is 11.3 Å². The van der Waals surface area contributed by atoms with Crippen molar-refractivity contribution in [1.82, 2.24) is 10.3 Å². The van der Waals surface area contributed by atoms with Crippen LogP contribution in [0.5, 0.6) is 0 Å². The minimum absolute atomic E-state index is 0.0466. The van der Waals surface area contributed by atoms with Gasteiger partial charge >= 0.3 is 5.97 Å². The molecule has 0 radical (unpaired) electrons. The van der Waals surface area contributed by atoms with Crippen LogP contribution in [-0.4, -0.2) is 22.0 Å². The summed E-state index contributed by atoms with van der Waals surface area (Å²) in [6, 6.07) is 4.52. The number of carbonyl (C=O) groups is 2. The Morgan fingerprint density at radius 2 is 2.05 bits per heavy atom. The molecule has 1 amide bonds. The molecule has 5 nitrogen and oxygen atoms in total. The Hall–Kier alpha value is -2.21. The molecule has 2 aromatic heterocycles. The van der Waals surface area contributed by atoms with Crippen LogP contribution in [0.15, 0.2) is 24.4 Å². The van der Waals surface area contributed by atoms with Crippen molar-refractivity contribution in [3.8, 4) is 0 Å². The Morgan fingerprint density at radius 1 is 1.33 bits per heavy atom. The highest BCUT2D eigenvalue weighted by Crippen LogP contribution is 2.26. The maximum absolute atomic E-state index is 12.2. The molecule has 0 aliphatic rings. The van der Waals surface area contributed by atoms with Gasteiger partial charge in [-0.1, -0.05) is 0 Å². The molecule has 0 bridgehead atoms. The second-order valence-corrected chi connectivity index (χ2v) is 6.26. The van der Waals surface area contributed by atoms with Gasteiger partial charge in [-0.15, -0.1) is 11.3 Å². The Morgan fingerprint density at radius 3 is 2.62 bits per heavy atom. The number of hydrogen-bond donors (Lipinski definition) is 2. The number of aryl methyl sites for hydroxylation is 2. The number of carboxylic acid groups (broad SMARTS) is 1. The molecule has 2 aromatic rings. The molecule has 2 heterocycles. The summed E-state index contributed by atoms with van der Waals surface area (Å²) >= 11 is 1.68. The number of rotatable bonds is 4. The summed E-state index contributed by atoms with van der Waals surface area (Å²) in [4.78, 5) is 29.3. The molecule has 2 rings (SSSR count). The van der Waals surface area contributed by atoms with Gasteiger partial charge in [0.15, 0.2) is 0 Å². The van der Waals surface area contributed by atoms with Crippen LogP contribution < -0.4 is 5.32 Å². The number of carbonyl (C=O) groups excluding carboxylic acids is 1. The molecular weight excluding hydrogens is 288 g/mol. The number of hydrogen-bond acceptors (Lipinski definition) is 4. The van der Waals surface area contributed by atoms with Crippen molar-refractivity contribution in [3.63, 3.8) is 0 Å². The van der Waals surface area contributed by atoms with Crippen molar-refractivity contribution in [1.29, 1.82) is 0 Å². The Balaban J connectivity index is 2.16. The van der Waals surface area contributed by atoms with E-state index in [0.29, 0.717) is 0 Å². The van der Waals surface area contributed by atoms with Gasteiger partial charge in [-0.05, 0) is 44.5 Å². The van der Waals surface area contributed by atoms with Crippen molar-refractivity contribution in [3.05, 3.63) is 51.0 Å². The summed E-state index contributed by atoms with van der Waals surface area (Å²) in [7, 11) is 0. The van der Waals surface area contributed by atoms with Gasteiger partial charge in [0, 0.05) is 16.0 Å². The van der Waals surface area contributed by atoms with E-state index in [0.717, 1.165) is 10.4 Å². The molecule has 0 aliphatic heterocycles. The summed E-state index contributed by atoms with van der Waals surface area (Å²) in [6.07, 6.45) is 1.32. The molecule has 2 N–H and O–H groups in total. The second-order valence-electron chi connectivity index (χ2n) is 4.80. The SMILES string of the molecule is Cc1cc(C(C)NC(=O)c2cc(C(=O)O)ccn2)c(C)s1. The highest BCUT2D eigenvalue weighted by Gasteiger charge is 2.16. The number of pyridine rings is 1. The molecule has 0 aliphatic carbocycles. The van der Waals surface area contributed by atoms with E-state index in [2.05, 4.69) is 10.3 Å². The lowest BCUT2D eigenvalue weighted by Crippen LogP contribution is -2.27. The standard InChI is InChI=1S/C15H16N2O3S/c1-8-6-12(10(3)21-8)9(2)17-14(18)13-7-11(15(19)20)4-5-16-13/h4-7,9H,1-3H3,(H,17,18)(H,19,20). The lowest BCUT2D eigenvalue weighted by atomic mass is 10.1. The molecule has 0 fully saturated rings. The zero-order valence-electron chi connectivity index (χ0n) is 12.0. The summed E-state index contributed by atoms with van der Waals surface area (Å²) in [5.41, 5.74) is 1.22. The van der Waals surface area contributed by atoms with Crippen molar-refractivity contribution in [2.45, 2.75) is 26.8 Å². The molecule has 21 heavy (non-hydrogen) atoms. The largest absolute Gasteiger partial charge is 0.478 e. The molecule has 0 saturated carbocycles. The summed E-state index contributed by atoms with van der Waals surface area (Å²) < 4.78 is 0. The van der Waals surface area contributed by atoms with Crippen LogP contribution in [0.1, 0.15) is 49.1 Å². The number of amides is 1. The average Bonchev–Trinajstić information content (AvgIpc) is 2.77. The number of nitrogens with one attached hydrogen (secondary N) is 1. The zero-order valence-corrected chi connectivity index (χ0v) is 12.8. The van der Waals surface area contributed by atoms with Gasteiger partial charge in [-0.2, -0.15) is 0 Å². The zero-order chi connectivity index (χ0) is 15.6. The first-order valence-electron chi connectivity index (χ1n) is 6.45. The molecule has 0 spiro atoms. The maximum atomic E-state index is 12.2. The van der Waals surface area contributed by atoms with Crippen molar-refractivity contribution >= 4 is 23.2 Å². The van der Waals surface area contributed by atoms with Crippen LogP contribution in [0, 0.1) is 13.8 Å². The van der Waals surface area contributed by atoms with Crippen molar-refractivity contribution in [2.24, 2.45) is 0 Å². The Labute approximate surface area is 126 Å². The van der Waals surface area contributed by atoms with Crippen LogP contribution in [0.25, 0.3) is 0 Å². The minimum Gasteiger partial charge on any atom is -0.478 e. The van der Waals surface area contributed by atoms with E-state index in [1.807, 2.05) is 26.8 Å². The monoisotopic (exact) mass is 304 g/mol. The summed E-state index contributed by atoms with van der Waals surface area (Å²) in [6.45, 7) is 5.93. The maximum Gasteiger partial charge on any atom is 0.335 e. The Kier molecular flexibility index (Phi) is 4.37. The van der Waals surface area contributed by atoms with E-state index in [9.17, 15) is 9.59 Å². The fourth-order valence-corrected chi connectivity index (χ4v) is 3.14. The van der Waals surface area contributed by atoms with Crippen molar-refractivity contribution in [2.75, 3.05) is 0 Å². The predicted octanol–water partition coefficient (Wildman–Crippen LogP) is 2.95. The predicted molar refractivity (Wildman–Crippen MR) is 80.9 cm³/mol. The first kappa shape index (κ1) is 15.2. The highest BCUT2D eigenvalue weighted by molar-refractivity contribution is 7.12. The van der Waals surface area contributed by atoms with E-state index >= 15 is 0 Å². The fraction of sp³-hybridized carbons (Fsp3) is 0.267. The van der Waals surface area contributed by atoms with Gasteiger partial charge in [-0.25, -0.2) is 4.79 Å². The number of thiophene rings is 1. The van der Waals surface area contributed by atoms with Crippen LogP contribution in [0.3, 0.4) is 0 Å². The van der Waals surface area contributed by atoms with Crippen molar-refractivity contribution < 1.29 is 14.7 Å². The van der Waals surface area contributed by atoms with E-state index in [4.69, 9.17) is 5.11 Å². The van der Waals surface area contributed by atoms with Crippen LogP contribution >= 0.6 is 11.3 Å². The smallest absolute Gasteiger partial charge is 0.335 e. The lowest BCUT2D eigenvalue weighted by Gasteiger charge is -2.13. The number of aromatic nitrogens is 1. The minimum atomic E-state index is -1.08. The van der Waals surface area contributed by atoms with E-state index < -0.39 is 5.97 Å². The third-order valence-corrected chi connectivity index (χ3v) is 4.11. The third-order valence-electron chi connectivity index (χ3n) is 3.13. The third kappa shape index (κ3) is 3.46. The van der Waals surface area contributed by atoms with Gasteiger partial charge in [0.1, 0.15) is 5.69 Å². The van der Waals surface area contributed by atoms with Crippen LogP contribution in [-0.2, 0) is 0 Å². The molecule has 6 heteroatoms. The first-order chi connectivity index (χ1) is 9.88. The lowest BCUT2D eigenvalue weighted by molar-refractivity contribution is 0.0696.